The molecule has 0 unspecified atom stereocenters. The van der Waals surface area contributed by atoms with Crippen LogP contribution < -0.4 is 5.32 Å². The van der Waals surface area contributed by atoms with Gasteiger partial charge < -0.3 is 5.32 Å². The van der Waals surface area contributed by atoms with Crippen LogP contribution in [0.25, 0.3) is 0 Å². The maximum atomic E-state index is 11.6. The van der Waals surface area contributed by atoms with Gasteiger partial charge in [-0.2, -0.15) is 0 Å². The second-order valence-electron chi connectivity index (χ2n) is 5.17. The standard InChI is InChI=1S/C13H23NOS/c15-13(14-9-11-5-4-6-11)10-16-12-7-2-1-3-8-12/h11-12H,1-10H2,(H,14,15). The highest BCUT2D eigenvalue weighted by molar-refractivity contribution is 8.00. The first-order valence-corrected chi connectivity index (χ1v) is 7.78. The highest BCUT2D eigenvalue weighted by atomic mass is 32.2. The van der Waals surface area contributed by atoms with Gasteiger partial charge in [-0.25, -0.2) is 0 Å². The molecule has 0 saturated heterocycles. The molecule has 0 atom stereocenters. The van der Waals surface area contributed by atoms with E-state index < -0.39 is 0 Å². The molecule has 2 rings (SSSR count). The molecule has 0 aliphatic heterocycles. The average molecular weight is 241 g/mol. The number of carbonyl (C=O) groups is 1. The van der Waals surface area contributed by atoms with Gasteiger partial charge in [0.2, 0.25) is 5.91 Å². The predicted octanol–water partition coefficient (Wildman–Crippen LogP) is 2.97. The monoisotopic (exact) mass is 241 g/mol. The minimum Gasteiger partial charge on any atom is -0.355 e. The second-order valence-corrected chi connectivity index (χ2v) is 6.46. The predicted molar refractivity (Wildman–Crippen MR) is 69.7 cm³/mol. The third-order valence-corrected chi connectivity index (χ3v) is 5.19. The van der Waals surface area contributed by atoms with Crippen LogP contribution in [-0.2, 0) is 4.79 Å². The van der Waals surface area contributed by atoms with E-state index in [2.05, 4.69) is 5.32 Å². The molecule has 92 valence electrons. The fraction of sp³-hybridized carbons (Fsp3) is 0.923. The summed E-state index contributed by atoms with van der Waals surface area (Å²) in [6.07, 6.45) is 10.7. The van der Waals surface area contributed by atoms with Crippen molar-refractivity contribution in [3.8, 4) is 0 Å². The maximum absolute atomic E-state index is 11.6. The van der Waals surface area contributed by atoms with Crippen LogP contribution in [0, 0.1) is 5.92 Å². The molecule has 0 aromatic rings. The SMILES string of the molecule is O=C(CSC1CCCCC1)NCC1CCC1. The Bertz CT molecular complexity index is 222. The first-order chi connectivity index (χ1) is 7.84. The van der Waals surface area contributed by atoms with Crippen LogP contribution in [0.5, 0.6) is 0 Å². The summed E-state index contributed by atoms with van der Waals surface area (Å²) in [5.41, 5.74) is 0. The number of thioether (sulfide) groups is 1. The van der Waals surface area contributed by atoms with Crippen LogP contribution in [0.15, 0.2) is 0 Å². The van der Waals surface area contributed by atoms with Crippen LogP contribution in [0.1, 0.15) is 51.4 Å². The molecular weight excluding hydrogens is 218 g/mol. The van der Waals surface area contributed by atoms with E-state index in [4.69, 9.17) is 0 Å². The van der Waals surface area contributed by atoms with Crippen LogP contribution in [-0.4, -0.2) is 23.5 Å². The molecule has 1 amide bonds. The van der Waals surface area contributed by atoms with Crippen molar-refractivity contribution in [3.63, 3.8) is 0 Å². The summed E-state index contributed by atoms with van der Waals surface area (Å²) in [6, 6.07) is 0. The van der Waals surface area contributed by atoms with Gasteiger partial charge in [-0.05, 0) is 31.6 Å². The minimum absolute atomic E-state index is 0.252. The lowest BCUT2D eigenvalue weighted by atomic mass is 9.85. The molecule has 2 saturated carbocycles. The summed E-state index contributed by atoms with van der Waals surface area (Å²) < 4.78 is 0. The van der Waals surface area contributed by atoms with Crippen LogP contribution in [0.4, 0.5) is 0 Å². The Morgan fingerprint density at radius 1 is 1.06 bits per heavy atom. The fourth-order valence-corrected chi connectivity index (χ4v) is 3.59. The van der Waals surface area contributed by atoms with Crippen molar-refractivity contribution in [2.75, 3.05) is 12.3 Å². The molecule has 0 aromatic carbocycles. The van der Waals surface area contributed by atoms with Crippen molar-refractivity contribution < 1.29 is 4.79 Å². The second kappa shape index (κ2) is 6.53. The first-order valence-electron chi connectivity index (χ1n) is 6.73. The molecule has 3 heteroatoms. The molecule has 1 N–H and O–H groups in total. The van der Waals surface area contributed by atoms with Gasteiger partial charge >= 0.3 is 0 Å². The van der Waals surface area contributed by atoms with Gasteiger partial charge in [-0.1, -0.05) is 25.7 Å². The number of amides is 1. The maximum Gasteiger partial charge on any atom is 0.230 e. The number of hydrogen-bond acceptors (Lipinski definition) is 2. The van der Waals surface area contributed by atoms with Crippen molar-refractivity contribution in [2.24, 2.45) is 5.92 Å². The van der Waals surface area contributed by atoms with Gasteiger partial charge in [-0.15, -0.1) is 11.8 Å². The summed E-state index contributed by atoms with van der Waals surface area (Å²) in [6.45, 7) is 0.921. The summed E-state index contributed by atoms with van der Waals surface area (Å²) >= 11 is 1.87. The third-order valence-electron chi connectivity index (χ3n) is 3.81. The Morgan fingerprint density at radius 3 is 2.44 bits per heavy atom. The Hall–Kier alpha value is -0.180. The van der Waals surface area contributed by atoms with E-state index in [0.29, 0.717) is 5.75 Å². The summed E-state index contributed by atoms with van der Waals surface area (Å²) in [4.78, 5) is 11.6. The third kappa shape index (κ3) is 4.00. The Labute approximate surface area is 103 Å². The van der Waals surface area contributed by atoms with Crippen LogP contribution in [0.3, 0.4) is 0 Å². The molecule has 0 heterocycles. The molecular formula is C13H23NOS. The van der Waals surface area contributed by atoms with Crippen molar-refractivity contribution in [1.82, 2.24) is 5.32 Å². The van der Waals surface area contributed by atoms with E-state index in [9.17, 15) is 4.79 Å². The van der Waals surface area contributed by atoms with Gasteiger partial charge in [0, 0.05) is 11.8 Å². The molecule has 0 bridgehead atoms. The number of carbonyl (C=O) groups excluding carboxylic acids is 1. The largest absolute Gasteiger partial charge is 0.355 e. The summed E-state index contributed by atoms with van der Waals surface area (Å²) in [5, 5.41) is 3.82. The minimum atomic E-state index is 0.252. The van der Waals surface area contributed by atoms with Gasteiger partial charge in [0.25, 0.3) is 0 Å². The Balaban J connectivity index is 1.52. The molecule has 2 nitrogen and oxygen atoms in total. The zero-order valence-electron chi connectivity index (χ0n) is 10.0. The van der Waals surface area contributed by atoms with Crippen molar-refractivity contribution in [1.29, 1.82) is 0 Å². The highest BCUT2D eigenvalue weighted by Gasteiger charge is 2.19. The fourth-order valence-electron chi connectivity index (χ4n) is 2.43. The lowest BCUT2D eigenvalue weighted by Gasteiger charge is -2.25. The zero-order valence-corrected chi connectivity index (χ0v) is 10.9. The summed E-state index contributed by atoms with van der Waals surface area (Å²) in [7, 11) is 0. The molecule has 16 heavy (non-hydrogen) atoms. The van der Waals surface area contributed by atoms with Crippen molar-refractivity contribution in [2.45, 2.75) is 56.6 Å². The van der Waals surface area contributed by atoms with E-state index in [1.165, 1.54) is 51.4 Å². The average Bonchev–Trinajstić information content (AvgIpc) is 2.26. The van der Waals surface area contributed by atoms with E-state index in [1.54, 1.807) is 0 Å². The Morgan fingerprint density at radius 2 is 1.81 bits per heavy atom. The topological polar surface area (TPSA) is 29.1 Å². The summed E-state index contributed by atoms with van der Waals surface area (Å²) in [5.74, 6) is 1.71. The number of nitrogens with one attached hydrogen (secondary N) is 1. The smallest absolute Gasteiger partial charge is 0.230 e. The van der Waals surface area contributed by atoms with E-state index in [0.717, 1.165) is 17.7 Å². The lowest BCUT2D eigenvalue weighted by molar-refractivity contribution is -0.118. The zero-order chi connectivity index (χ0) is 11.2. The number of rotatable bonds is 5. The van der Waals surface area contributed by atoms with Gasteiger partial charge in [0.15, 0.2) is 0 Å². The quantitative estimate of drug-likeness (QED) is 0.802. The molecule has 2 aliphatic rings. The molecule has 2 fully saturated rings. The lowest BCUT2D eigenvalue weighted by Crippen LogP contribution is -2.33. The Kier molecular flexibility index (Phi) is 5.01. The van der Waals surface area contributed by atoms with Gasteiger partial charge in [-0.3, -0.25) is 4.79 Å². The molecule has 2 aliphatic carbocycles. The first kappa shape index (κ1) is 12.3. The van der Waals surface area contributed by atoms with Crippen molar-refractivity contribution in [3.05, 3.63) is 0 Å². The van der Waals surface area contributed by atoms with E-state index in [-0.39, 0.29) is 5.91 Å². The number of hydrogen-bond donors (Lipinski definition) is 1. The molecule has 0 spiro atoms. The highest BCUT2D eigenvalue weighted by Crippen LogP contribution is 2.28. The van der Waals surface area contributed by atoms with Crippen LogP contribution >= 0.6 is 11.8 Å². The molecule has 0 radical (unpaired) electrons. The molecule has 0 aromatic heterocycles. The van der Waals surface area contributed by atoms with Crippen LogP contribution in [0.2, 0.25) is 0 Å². The normalized spacial score (nSPS) is 22.8. The van der Waals surface area contributed by atoms with Gasteiger partial charge in [0.1, 0.15) is 0 Å². The van der Waals surface area contributed by atoms with Gasteiger partial charge in [0.05, 0.1) is 5.75 Å². The van der Waals surface area contributed by atoms with Crippen molar-refractivity contribution >= 4 is 17.7 Å². The van der Waals surface area contributed by atoms with E-state index in [1.807, 2.05) is 11.8 Å². The van der Waals surface area contributed by atoms with E-state index >= 15 is 0 Å².